The van der Waals surface area contributed by atoms with Crippen molar-refractivity contribution in [2.45, 2.75) is 50.7 Å². The lowest BCUT2D eigenvalue weighted by Crippen LogP contribution is -2.35. The summed E-state index contributed by atoms with van der Waals surface area (Å²) in [7, 11) is 4.15. The lowest BCUT2D eigenvalue weighted by Gasteiger charge is -2.28. The molecule has 0 radical (unpaired) electrons. The Labute approximate surface area is 253 Å². The molecule has 14 heteroatoms. The highest BCUT2D eigenvalue weighted by Crippen LogP contribution is 2.36. The van der Waals surface area contributed by atoms with Gasteiger partial charge in [-0.1, -0.05) is 12.1 Å². The smallest absolute Gasteiger partial charge is 0.333 e. The van der Waals surface area contributed by atoms with Crippen LogP contribution in [0.15, 0.2) is 42.5 Å². The van der Waals surface area contributed by atoms with E-state index in [2.05, 4.69) is 0 Å². The van der Waals surface area contributed by atoms with Gasteiger partial charge < -0.3 is 53.2 Å². The fourth-order valence-corrected chi connectivity index (χ4v) is 4.27. The summed E-state index contributed by atoms with van der Waals surface area (Å²) >= 11 is 0. The van der Waals surface area contributed by atoms with Gasteiger partial charge in [0.05, 0.1) is 20.8 Å². The average Bonchev–Trinajstić information content (AvgIpc) is 3.25. The molecular formula is C30H36O14. The molecule has 6 atom stereocenters. The maximum absolute atomic E-state index is 12.4. The van der Waals surface area contributed by atoms with Gasteiger partial charge in [-0.25, -0.2) is 4.79 Å². The van der Waals surface area contributed by atoms with Gasteiger partial charge in [-0.05, 0) is 35.9 Å². The number of ether oxygens (including phenoxy) is 8. The number of phenolic OH excluding ortho intramolecular Hbond substituents is 1. The monoisotopic (exact) mass is 620 g/mol. The number of carbonyl (C=O) groups is 3. The zero-order valence-electron chi connectivity index (χ0n) is 24.8. The van der Waals surface area contributed by atoms with Crippen LogP contribution in [0.25, 0.3) is 6.08 Å². The quantitative estimate of drug-likeness (QED) is 0.157. The third-order valence-electron chi connectivity index (χ3n) is 6.37. The zero-order valence-corrected chi connectivity index (χ0v) is 24.8. The molecule has 2 aromatic carbocycles. The highest BCUT2D eigenvalue weighted by atomic mass is 16.7. The van der Waals surface area contributed by atoms with Crippen LogP contribution in [0.2, 0.25) is 0 Å². The van der Waals surface area contributed by atoms with Crippen molar-refractivity contribution in [1.29, 1.82) is 0 Å². The summed E-state index contributed by atoms with van der Waals surface area (Å²) in [6, 6.07) is 9.00. The van der Waals surface area contributed by atoms with E-state index in [1.54, 1.807) is 12.1 Å². The fourth-order valence-electron chi connectivity index (χ4n) is 4.27. The minimum Gasteiger partial charge on any atom is -0.504 e. The van der Waals surface area contributed by atoms with E-state index >= 15 is 0 Å². The van der Waals surface area contributed by atoms with Crippen molar-refractivity contribution in [3.63, 3.8) is 0 Å². The molecule has 1 aliphatic rings. The number of carbonyl (C=O) groups excluding carboxylic acids is 3. The summed E-state index contributed by atoms with van der Waals surface area (Å²) in [5, 5.41) is 30.1. The van der Waals surface area contributed by atoms with Gasteiger partial charge in [0.25, 0.3) is 0 Å². The van der Waals surface area contributed by atoms with E-state index in [0.29, 0.717) is 11.1 Å². The third-order valence-corrected chi connectivity index (χ3v) is 6.37. The number of hydrogen-bond donors (Lipinski definition) is 3. The molecule has 14 nitrogen and oxygen atoms in total. The number of aliphatic hydroxyl groups excluding tert-OH is 2. The summed E-state index contributed by atoms with van der Waals surface area (Å²) in [5.41, 5.74) is 0.883. The molecule has 0 bridgehead atoms. The molecule has 1 aliphatic heterocycles. The normalized spacial score (nSPS) is 20.9. The van der Waals surface area contributed by atoms with Crippen LogP contribution in [-0.4, -0.2) is 98.5 Å². The Bertz CT molecular complexity index is 1320. The van der Waals surface area contributed by atoms with Gasteiger partial charge >= 0.3 is 17.9 Å². The highest BCUT2D eigenvalue weighted by Gasteiger charge is 2.44. The second-order valence-corrected chi connectivity index (χ2v) is 9.58. The predicted octanol–water partition coefficient (Wildman–Crippen LogP) is 1.67. The summed E-state index contributed by atoms with van der Waals surface area (Å²) < 4.78 is 42.9. The first kappa shape index (κ1) is 34.1. The highest BCUT2D eigenvalue weighted by molar-refractivity contribution is 5.87. The molecule has 2 unspecified atom stereocenters. The largest absolute Gasteiger partial charge is 0.504 e. The van der Waals surface area contributed by atoms with Crippen LogP contribution in [-0.2, 0) is 38.1 Å². The van der Waals surface area contributed by atoms with Gasteiger partial charge in [-0.2, -0.15) is 0 Å². The van der Waals surface area contributed by atoms with Crippen molar-refractivity contribution < 1.29 is 67.6 Å². The summed E-state index contributed by atoms with van der Waals surface area (Å²) in [4.78, 5) is 36.1. The standard InChI is InChI=1S/C30H36O14/c1-16(31)40-15-25(29(41-17(2)32)19-8-9-20(33)22(13-19)38-4)42-21-10-6-18(12-23(21)39-5)7-11-26(34)44-30-28(36)27(35)24(43-30)14-37-3/h6-13,24-25,27-30,33,35-36H,14-15H2,1-5H3/b11-7+/t24-,25?,27-,28+,29?,30-/m0/s1. The first-order valence-corrected chi connectivity index (χ1v) is 13.4. The van der Waals surface area contributed by atoms with Crippen LogP contribution in [0.5, 0.6) is 23.0 Å². The van der Waals surface area contributed by atoms with Crippen LogP contribution < -0.4 is 14.2 Å². The van der Waals surface area contributed by atoms with E-state index in [4.69, 9.17) is 37.9 Å². The van der Waals surface area contributed by atoms with Crippen molar-refractivity contribution in [1.82, 2.24) is 0 Å². The zero-order chi connectivity index (χ0) is 32.4. The molecular weight excluding hydrogens is 584 g/mol. The van der Waals surface area contributed by atoms with Gasteiger partial charge in [0.1, 0.15) is 24.9 Å². The molecule has 1 fully saturated rings. The summed E-state index contributed by atoms with van der Waals surface area (Å²) in [6.45, 7) is 2.11. The number of rotatable bonds is 14. The SMILES string of the molecule is COC[C@@H]1O[C@@H](OC(=O)/C=C/c2ccc(OC(COC(C)=O)C(OC(C)=O)c3ccc(O)c(OC)c3)c(OC)c2)[C@H](O)[C@H]1O. The van der Waals surface area contributed by atoms with Crippen molar-refractivity contribution in [3.05, 3.63) is 53.6 Å². The summed E-state index contributed by atoms with van der Waals surface area (Å²) in [5.74, 6) is -1.68. The number of esters is 3. The Kier molecular flexibility index (Phi) is 12.3. The second-order valence-electron chi connectivity index (χ2n) is 9.58. The number of methoxy groups -OCH3 is 3. The Hall–Kier alpha value is -4.37. The molecule has 3 rings (SSSR count). The molecule has 0 aromatic heterocycles. The molecule has 2 aromatic rings. The topological polar surface area (TPSA) is 186 Å². The average molecular weight is 621 g/mol. The molecule has 44 heavy (non-hydrogen) atoms. The number of aliphatic hydroxyl groups is 2. The van der Waals surface area contributed by atoms with Crippen LogP contribution >= 0.6 is 0 Å². The molecule has 3 N–H and O–H groups in total. The second kappa shape index (κ2) is 15.9. The molecule has 0 spiro atoms. The molecule has 1 heterocycles. The van der Waals surface area contributed by atoms with E-state index in [1.807, 2.05) is 0 Å². The van der Waals surface area contributed by atoms with Crippen molar-refractivity contribution in [3.8, 4) is 23.0 Å². The van der Waals surface area contributed by atoms with Crippen LogP contribution in [0.1, 0.15) is 31.1 Å². The lowest BCUT2D eigenvalue weighted by atomic mass is 10.0. The van der Waals surface area contributed by atoms with E-state index < -0.39 is 54.7 Å². The van der Waals surface area contributed by atoms with Crippen LogP contribution in [0, 0.1) is 0 Å². The Morgan fingerprint density at radius 2 is 1.66 bits per heavy atom. The molecule has 240 valence electrons. The van der Waals surface area contributed by atoms with Crippen molar-refractivity contribution in [2.75, 3.05) is 34.5 Å². The first-order valence-electron chi connectivity index (χ1n) is 13.4. The first-order chi connectivity index (χ1) is 21.0. The molecule has 0 saturated carbocycles. The maximum atomic E-state index is 12.4. The van der Waals surface area contributed by atoms with Gasteiger partial charge in [0, 0.05) is 32.6 Å². The minimum atomic E-state index is -1.44. The molecule has 0 aliphatic carbocycles. The fraction of sp³-hybridized carbons (Fsp3) is 0.433. The Balaban J connectivity index is 1.81. The predicted molar refractivity (Wildman–Crippen MR) is 151 cm³/mol. The molecule has 0 amide bonds. The van der Waals surface area contributed by atoms with E-state index in [1.165, 1.54) is 65.5 Å². The Morgan fingerprint density at radius 3 is 2.30 bits per heavy atom. The van der Waals surface area contributed by atoms with Crippen molar-refractivity contribution in [2.24, 2.45) is 0 Å². The van der Waals surface area contributed by atoms with E-state index in [-0.39, 0.29) is 36.2 Å². The minimum absolute atomic E-state index is 0.00280. The number of hydrogen-bond acceptors (Lipinski definition) is 14. The third kappa shape index (κ3) is 9.07. The van der Waals surface area contributed by atoms with Crippen LogP contribution in [0.4, 0.5) is 0 Å². The van der Waals surface area contributed by atoms with Gasteiger partial charge in [-0.3, -0.25) is 9.59 Å². The lowest BCUT2D eigenvalue weighted by molar-refractivity contribution is -0.185. The number of benzene rings is 2. The summed E-state index contributed by atoms with van der Waals surface area (Å²) in [6.07, 6.45) is -4.61. The Morgan fingerprint density at radius 1 is 0.932 bits per heavy atom. The molecule has 1 saturated heterocycles. The maximum Gasteiger partial charge on any atom is 0.333 e. The van der Waals surface area contributed by atoms with Gasteiger partial charge in [-0.15, -0.1) is 0 Å². The van der Waals surface area contributed by atoms with Crippen molar-refractivity contribution >= 4 is 24.0 Å². The number of aromatic hydroxyl groups is 1. The number of phenols is 1. The van der Waals surface area contributed by atoms with E-state index in [0.717, 1.165) is 6.08 Å². The van der Waals surface area contributed by atoms with Gasteiger partial charge in [0.15, 0.2) is 35.2 Å². The van der Waals surface area contributed by atoms with Gasteiger partial charge in [0.2, 0.25) is 6.29 Å². The van der Waals surface area contributed by atoms with Crippen LogP contribution in [0.3, 0.4) is 0 Å². The van der Waals surface area contributed by atoms with E-state index in [9.17, 15) is 29.7 Å².